The predicted molar refractivity (Wildman–Crippen MR) is 19.1 cm³/mol. The van der Waals surface area contributed by atoms with Gasteiger partial charge in [-0.1, -0.05) is 0 Å². The minimum Gasteiger partial charge on any atom is -0.567 e. The van der Waals surface area contributed by atoms with E-state index in [0.29, 0.717) is 0 Å². The van der Waals surface area contributed by atoms with Crippen LogP contribution in [-0.2, 0) is 0 Å². The highest BCUT2D eigenvalue weighted by atomic mass is 16.6. The van der Waals surface area contributed by atoms with Crippen LogP contribution in [0.2, 0.25) is 0 Å². The van der Waals surface area contributed by atoms with Crippen LogP contribution in [-0.4, -0.2) is 23.8 Å². The van der Waals surface area contributed by atoms with Crippen molar-refractivity contribution in [3.63, 3.8) is 0 Å². The summed E-state index contributed by atoms with van der Waals surface area (Å²) in [4.78, 5) is 0.389. The number of hydrogen-bond donors (Lipinski definition) is 0. The minimum absolute atomic E-state index is 0.194. The number of hydrogen-bond acceptors (Lipinski definition) is 2. The Kier molecular flexibility index (Phi) is 1.38. The monoisotopic (exact) mass is 90.0 g/mol. The minimum atomic E-state index is 0.194. The summed E-state index contributed by atoms with van der Waals surface area (Å²) in [5.41, 5.74) is 0. The number of rotatable bonds is 0. The van der Waals surface area contributed by atoms with E-state index >= 15 is 0 Å². The first-order chi connectivity index (χ1) is 2.64. The Balaban J connectivity index is 3.68. The van der Waals surface area contributed by atoms with Gasteiger partial charge in [-0.25, -0.2) is 0 Å². The third kappa shape index (κ3) is 1.51. The molecular weight excluding hydrogens is 84.0 g/mol. The summed E-state index contributed by atoms with van der Waals surface area (Å²) in [5, 5.41) is 19.3. The van der Waals surface area contributed by atoms with Crippen LogP contribution in [0.5, 0.6) is 0 Å². The molecule has 0 fully saturated rings. The van der Waals surface area contributed by atoms with Crippen LogP contribution in [0.4, 0.5) is 0 Å². The molecule has 0 aliphatic rings. The molecule has 0 amide bonds. The third-order valence-corrected chi connectivity index (χ3v) is 0.397. The fraction of sp³-hybridized carbons (Fsp3) is 1.00. The highest BCUT2D eigenvalue weighted by Gasteiger charge is 1.80. The van der Waals surface area contributed by atoms with Gasteiger partial charge in [0.05, 0.1) is 0 Å². The molecule has 0 rings (SSSR count). The van der Waals surface area contributed by atoms with Crippen LogP contribution < -0.4 is 0 Å². The Bertz CT molecular complexity index is 59.6. The van der Waals surface area contributed by atoms with Crippen molar-refractivity contribution in [2.24, 2.45) is 0 Å². The zero-order valence-electron chi connectivity index (χ0n) is 3.71. The fourth-order valence-electron chi connectivity index (χ4n) is 0. The van der Waals surface area contributed by atoms with Gasteiger partial charge in [0, 0.05) is 9.72 Å². The van der Waals surface area contributed by atoms with Gasteiger partial charge in [0.25, 0.3) is 0 Å². The lowest BCUT2D eigenvalue weighted by molar-refractivity contribution is -0.948. The highest BCUT2D eigenvalue weighted by Crippen LogP contribution is 1.58. The van der Waals surface area contributed by atoms with Gasteiger partial charge in [-0.15, -0.1) is 0 Å². The van der Waals surface area contributed by atoms with Gasteiger partial charge >= 0.3 is 0 Å². The molecule has 0 unspecified atom stereocenters. The van der Waals surface area contributed by atoms with Crippen molar-refractivity contribution in [1.29, 1.82) is 0 Å². The standard InChI is InChI=1S/C2H6N2O2/c1-3(5)4(2)6/h1-2H3/b4-3+. The zero-order valence-corrected chi connectivity index (χ0v) is 3.71. The molecular formula is C2H6N2O2. The van der Waals surface area contributed by atoms with E-state index in [0.717, 1.165) is 14.1 Å². The molecule has 4 heteroatoms. The van der Waals surface area contributed by atoms with Crippen LogP contribution in [0.3, 0.4) is 0 Å². The van der Waals surface area contributed by atoms with E-state index in [-0.39, 0.29) is 9.72 Å². The maximum absolute atomic E-state index is 9.67. The smallest absolute Gasteiger partial charge is 0.210 e. The Morgan fingerprint density at radius 3 is 1.17 bits per heavy atom. The first kappa shape index (κ1) is 5.20. The SMILES string of the molecule is C/[N+]([O-])=[N+](/C)[O-]. The van der Waals surface area contributed by atoms with Crippen molar-refractivity contribution in [1.82, 2.24) is 0 Å². The Morgan fingerprint density at radius 2 is 1.17 bits per heavy atom. The average Bonchev–Trinajstić information content (AvgIpc) is 1.36. The van der Waals surface area contributed by atoms with Gasteiger partial charge in [-0.05, 0) is 0 Å². The summed E-state index contributed by atoms with van der Waals surface area (Å²) < 4.78 is 0. The van der Waals surface area contributed by atoms with Crippen molar-refractivity contribution < 1.29 is 9.72 Å². The van der Waals surface area contributed by atoms with E-state index in [1.165, 1.54) is 0 Å². The lowest BCUT2D eigenvalue weighted by Crippen LogP contribution is -2.06. The molecule has 0 aromatic carbocycles. The molecule has 0 saturated carbocycles. The normalized spacial score (nSPS) is 13.7. The van der Waals surface area contributed by atoms with E-state index < -0.39 is 0 Å². The maximum Gasteiger partial charge on any atom is 0.210 e. The number of nitrogens with zero attached hydrogens (tertiary/aromatic N) is 2. The molecule has 4 nitrogen and oxygen atoms in total. The lowest BCUT2D eigenvalue weighted by atomic mass is 11.4. The van der Waals surface area contributed by atoms with Gasteiger partial charge in [0.1, 0.15) is 0 Å². The number of azo groups is 1. The summed E-state index contributed by atoms with van der Waals surface area (Å²) in [6, 6.07) is 0. The highest BCUT2D eigenvalue weighted by molar-refractivity contribution is 3.87. The molecule has 0 saturated heterocycles. The van der Waals surface area contributed by atoms with Crippen molar-refractivity contribution >= 4 is 0 Å². The molecule has 0 radical (unpaired) electrons. The second kappa shape index (κ2) is 1.59. The summed E-state index contributed by atoms with van der Waals surface area (Å²) in [6.45, 7) is 0. The molecule has 0 bridgehead atoms. The zero-order chi connectivity index (χ0) is 5.15. The average molecular weight is 90.1 g/mol. The van der Waals surface area contributed by atoms with E-state index in [1.807, 2.05) is 0 Å². The van der Waals surface area contributed by atoms with Crippen molar-refractivity contribution in [3.05, 3.63) is 10.4 Å². The largest absolute Gasteiger partial charge is 0.567 e. The van der Waals surface area contributed by atoms with E-state index in [1.54, 1.807) is 0 Å². The lowest BCUT2D eigenvalue weighted by Gasteiger charge is -1.90. The van der Waals surface area contributed by atoms with E-state index in [4.69, 9.17) is 0 Å². The van der Waals surface area contributed by atoms with Crippen molar-refractivity contribution in [2.45, 2.75) is 0 Å². The third-order valence-electron chi connectivity index (χ3n) is 0.397. The van der Waals surface area contributed by atoms with Crippen LogP contribution in [0.1, 0.15) is 0 Å². The number of hydroxylamine groups is 2. The second-order valence-electron chi connectivity index (χ2n) is 0.928. The van der Waals surface area contributed by atoms with Gasteiger partial charge in [-0.2, -0.15) is 0 Å². The Hall–Kier alpha value is -0.800. The molecule has 0 atom stereocenters. The second-order valence-corrected chi connectivity index (χ2v) is 0.928. The Morgan fingerprint density at radius 1 is 1.00 bits per heavy atom. The molecule has 0 aliphatic heterocycles. The first-order valence-corrected chi connectivity index (χ1v) is 1.46. The Labute approximate surface area is 35.5 Å². The molecule has 0 aromatic rings. The fourth-order valence-corrected chi connectivity index (χ4v) is 0. The molecule has 0 heterocycles. The molecule has 0 spiro atoms. The summed E-state index contributed by atoms with van der Waals surface area (Å²) in [6.07, 6.45) is 0. The van der Waals surface area contributed by atoms with Gasteiger partial charge in [0.2, 0.25) is 14.1 Å². The molecule has 6 heavy (non-hydrogen) atoms. The quantitative estimate of drug-likeness (QED) is 0.233. The molecule has 0 aromatic heterocycles. The van der Waals surface area contributed by atoms with Crippen molar-refractivity contribution in [2.75, 3.05) is 14.1 Å². The van der Waals surface area contributed by atoms with Crippen LogP contribution >= 0.6 is 0 Å². The molecule has 0 N–H and O–H groups in total. The van der Waals surface area contributed by atoms with Crippen molar-refractivity contribution in [3.8, 4) is 0 Å². The van der Waals surface area contributed by atoms with E-state index in [2.05, 4.69) is 0 Å². The topological polar surface area (TPSA) is 52.1 Å². The van der Waals surface area contributed by atoms with Crippen LogP contribution in [0.25, 0.3) is 0 Å². The van der Waals surface area contributed by atoms with Crippen LogP contribution in [0.15, 0.2) is 0 Å². The summed E-state index contributed by atoms with van der Waals surface area (Å²) in [5.74, 6) is 0. The summed E-state index contributed by atoms with van der Waals surface area (Å²) in [7, 11) is 2.26. The van der Waals surface area contributed by atoms with E-state index in [9.17, 15) is 10.4 Å². The predicted octanol–water partition coefficient (Wildman–Crippen LogP) is -0.281. The first-order valence-electron chi connectivity index (χ1n) is 1.46. The van der Waals surface area contributed by atoms with Gasteiger partial charge < -0.3 is 10.4 Å². The van der Waals surface area contributed by atoms with Gasteiger partial charge in [-0.3, -0.25) is 0 Å². The van der Waals surface area contributed by atoms with Crippen LogP contribution in [0, 0.1) is 10.4 Å². The maximum atomic E-state index is 9.67. The molecule has 36 valence electrons. The summed E-state index contributed by atoms with van der Waals surface area (Å²) >= 11 is 0. The van der Waals surface area contributed by atoms with Gasteiger partial charge in [0.15, 0.2) is 0 Å². The molecule has 0 aliphatic carbocycles.